The molecule has 3 rings (SSSR count). The van der Waals surface area contributed by atoms with E-state index in [2.05, 4.69) is 10.1 Å². The maximum Gasteiger partial charge on any atom is 0.240 e. The van der Waals surface area contributed by atoms with Crippen LogP contribution in [0.25, 0.3) is 16.8 Å². The van der Waals surface area contributed by atoms with Crippen molar-refractivity contribution in [3.8, 4) is 11.1 Å². The summed E-state index contributed by atoms with van der Waals surface area (Å²) in [6.45, 7) is 0. The fourth-order valence-electron chi connectivity index (χ4n) is 1.75. The van der Waals surface area contributed by atoms with Gasteiger partial charge in [-0.2, -0.15) is 4.98 Å². The predicted octanol–water partition coefficient (Wildman–Crippen LogP) is 2.77. The molecule has 0 atom stereocenters. The van der Waals surface area contributed by atoms with Crippen LogP contribution in [0.2, 0.25) is 5.02 Å². The highest BCUT2D eigenvalue weighted by molar-refractivity contribution is 6.31. The topological polar surface area (TPSA) is 56.2 Å². The minimum absolute atomic E-state index is 0.0911. The monoisotopic (exact) mass is 262 g/mol. The molecule has 3 aromatic rings. The first-order valence-electron chi connectivity index (χ1n) is 5.21. The van der Waals surface area contributed by atoms with Gasteiger partial charge in [-0.05, 0) is 35.4 Å². The number of hydrogen-bond donors (Lipinski definition) is 1. The van der Waals surface area contributed by atoms with Gasteiger partial charge in [-0.15, -0.1) is 5.10 Å². The van der Waals surface area contributed by atoms with Crippen LogP contribution in [0.1, 0.15) is 0 Å². The maximum absolute atomic E-state index is 13.1. The number of anilines is 1. The number of rotatable bonds is 1. The molecule has 6 heteroatoms. The molecule has 90 valence electrons. The number of nitrogens with two attached hydrogens (primary N) is 1. The smallest absolute Gasteiger partial charge is 0.240 e. The fourth-order valence-corrected chi connectivity index (χ4v) is 1.93. The highest BCUT2D eigenvalue weighted by atomic mass is 35.5. The van der Waals surface area contributed by atoms with Gasteiger partial charge in [0.25, 0.3) is 0 Å². The van der Waals surface area contributed by atoms with Crippen LogP contribution in [0.15, 0.2) is 36.5 Å². The lowest BCUT2D eigenvalue weighted by molar-refractivity contribution is 0.628. The van der Waals surface area contributed by atoms with Crippen molar-refractivity contribution < 1.29 is 4.39 Å². The van der Waals surface area contributed by atoms with Crippen LogP contribution >= 0.6 is 11.6 Å². The second-order valence-corrected chi connectivity index (χ2v) is 4.22. The van der Waals surface area contributed by atoms with Crippen molar-refractivity contribution in [2.75, 3.05) is 5.73 Å². The fraction of sp³-hybridized carbons (Fsp3) is 0. The average molecular weight is 263 g/mol. The molecule has 0 aliphatic carbocycles. The van der Waals surface area contributed by atoms with Gasteiger partial charge in [-0.1, -0.05) is 17.7 Å². The lowest BCUT2D eigenvalue weighted by Gasteiger charge is -2.03. The number of nitrogens with zero attached hydrogens (tertiary/aromatic N) is 3. The van der Waals surface area contributed by atoms with Crippen molar-refractivity contribution in [2.24, 2.45) is 0 Å². The lowest BCUT2D eigenvalue weighted by Crippen LogP contribution is -1.89. The molecule has 2 aromatic heterocycles. The first-order valence-corrected chi connectivity index (χ1v) is 5.58. The Hall–Kier alpha value is -2.14. The Morgan fingerprint density at radius 3 is 2.72 bits per heavy atom. The van der Waals surface area contributed by atoms with E-state index in [0.717, 1.165) is 11.1 Å². The molecule has 0 aliphatic rings. The van der Waals surface area contributed by atoms with E-state index in [1.165, 1.54) is 6.07 Å². The van der Waals surface area contributed by atoms with Gasteiger partial charge in [0.2, 0.25) is 5.95 Å². The molecular formula is C12H8ClFN4. The van der Waals surface area contributed by atoms with Crippen molar-refractivity contribution in [3.05, 3.63) is 47.4 Å². The van der Waals surface area contributed by atoms with Crippen LogP contribution in [0.3, 0.4) is 0 Å². The molecule has 0 saturated heterocycles. The normalized spacial score (nSPS) is 11.0. The summed E-state index contributed by atoms with van der Waals surface area (Å²) in [6, 6.07) is 8.22. The summed E-state index contributed by atoms with van der Waals surface area (Å²) in [5.41, 5.74) is 7.82. The highest BCUT2D eigenvalue weighted by Gasteiger charge is 2.06. The van der Waals surface area contributed by atoms with Crippen LogP contribution in [-0.2, 0) is 0 Å². The van der Waals surface area contributed by atoms with Crippen molar-refractivity contribution in [2.45, 2.75) is 0 Å². The Kier molecular flexibility index (Phi) is 2.41. The van der Waals surface area contributed by atoms with E-state index in [1.807, 2.05) is 12.1 Å². The van der Waals surface area contributed by atoms with E-state index in [0.29, 0.717) is 5.65 Å². The second-order valence-electron chi connectivity index (χ2n) is 3.82. The summed E-state index contributed by atoms with van der Waals surface area (Å²) in [6.07, 6.45) is 1.74. The van der Waals surface area contributed by atoms with E-state index in [4.69, 9.17) is 17.3 Å². The largest absolute Gasteiger partial charge is 0.366 e. The number of aromatic nitrogens is 3. The molecule has 0 aliphatic heterocycles. The zero-order chi connectivity index (χ0) is 12.7. The van der Waals surface area contributed by atoms with Gasteiger partial charge in [0.1, 0.15) is 5.82 Å². The van der Waals surface area contributed by atoms with Crippen molar-refractivity contribution in [1.29, 1.82) is 0 Å². The summed E-state index contributed by atoms with van der Waals surface area (Å²) in [5.74, 6) is -0.225. The Morgan fingerprint density at radius 1 is 1.17 bits per heavy atom. The third-order valence-electron chi connectivity index (χ3n) is 2.61. The molecule has 2 N–H and O–H groups in total. The third kappa shape index (κ3) is 1.78. The first-order chi connectivity index (χ1) is 8.63. The minimum Gasteiger partial charge on any atom is -0.366 e. The quantitative estimate of drug-likeness (QED) is 0.734. The second kappa shape index (κ2) is 3.96. The predicted molar refractivity (Wildman–Crippen MR) is 67.8 cm³/mol. The standard InChI is InChI=1S/C12H8ClFN4/c13-9-5-7(1-2-10(9)14)8-3-4-18-11(6-8)16-12(15)17-18/h1-6H,(H2,15,17). The number of benzene rings is 1. The van der Waals surface area contributed by atoms with Crippen molar-refractivity contribution >= 4 is 23.2 Å². The van der Waals surface area contributed by atoms with Crippen LogP contribution in [0.4, 0.5) is 10.3 Å². The first kappa shape index (κ1) is 11.0. The summed E-state index contributed by atoms with van der Waals surface area (Å²) in [5, 5.41) is 4.07. The van der Waals surface area contributed by atoms with E-state index in [-0.39, 0.29) is 11.0 Å². The van der Waals surface area contributed by atoms with Crippen LogP contribution in [0.5, 0.6) is 0 Å². The molecule has 18 heavy (non-hydrogen) atoms. The van der Waals surface area contributed by atoms with Crippen LogP contribution in [0, 0.1) is 5.82 Å². The molecule has 0 radical (unpaired) electrons. The molecule has 0 fully saturated rings. The Morgan fingerprint density at radius 2 is 1.94 bits per heavy atom. The van der Waals surface area contributed by atoms with E-state index < -0.39 is 5.82 Å². The zero-order valence-electron chi connectivity index (χ0n) is 9.14. The summed E-state index contributed by atoms with van der Waals surface area (Å²) >= 11 is 5.76. The zero-order valence-corrected chi connectivity index (χ0v) is 9.89. The lowest BCUT2D eigenvalue weighted by atomic mass is 10.1. The molecule has 0 amide bonds. The molecule has 1 aromatic carbocycles. The Labute approximate surface area is 107 Å². The van der Waals surface area contributed by atoms with Crippen LogP contribution < -0.4 is 5.73 Å². The molecule has 0 bridgehead atoms. The van der Waals surface area contributed by atoms with Gasteiger partial charge in [-0.3, -0.25) is 0 Å². The molecule has 0 saturated carbocycles. The SMILES string of the molecule is Nc1nc2cc(-c3ccc(F)c(Cl)c3)ccn2n1. The molecule has 0 spiro atoms. The number of nitrogen functional groups attached to an aromatic ring is 1. The number of halogens is 2. The Bertz CT molecular complexity index is 738. The van der Waals surface area contributed by atoms with Crippen molar-refractivity contribution in [3.63, 3.8) is 0 Å². The van der Waals surface area contributed by atoms with Crippen LogP contribution in [-0.4, -0.2) is 14.6 Å². The van der Waals surface area contributed by atoms with Gasteiger partial charge in [0.15, 0.2) is 5.65 Å². The van der Waals surface area contributed by atoms with Crippen molar-refractivity contribution in [1.82, 2.24) is 14.6 Å². The molecular weight excluding hydrogens is 255 g/mol. The van der Waals surface area contributed by atoms with Gasteiger partial charge < -0.3 is 5.73 Å². The van der Waals surface area contributed by atoms with Gasteiger partial charge >= 0.3 is 0 Å². The molecule has 2 heterocycles. The average Bonchev–Trinajstić information content (AvgIpc) is 2.71. The molecule has 4 nitrogen and oxygen atoms in total. The van der Waals surface area contributed by atoms with E-state index >= 15 is 0 Å². The van der Waals surface area contributed by atoms with E-state index in [9.17, 15) is 4.39 Å². The van der Waals surface area contributed by atoms with E-state index in [1.54, 1.807) is 22.8 Å². The summed E-state index contributed by atoms with van der Waals surface area (Å²) in [7, 11) is 0. The Balaban J connectivity index is 2.15. The third-order valence-corrected chi connectivity index (χ3v) is 2.90. The summed E-state index contributed by atoms with van der Waals surface area (Å²) in [4.78, 5) is 4.06. The minimum atomic E-state index is -0.437. The summed E-state index contributed by atoms with van der Waals surface area (Å²) < 4.78 is 14.7. The highest BCUT2D eigenvalue weighted by Crippen LogP contribution is 2.25. The molecule has 0 unspecified atom stereocenters. The van der Waals surface area contributed by atoms with Gasteiger partial charge in [0.05, 0.1) is 5.02 Å². The number of pyridine rings is 1. The number of hydrogen-bond acceptors (Lipinski definition) is 3. The van der Waals surface area contributed by atoms with Gasteiger partial charge in [0, 0.05) is 6.20 Å². The number of fused-ring (bicyclic) bond motifs is 1. The van der Waals surface area contributed by atoms with Gasteiger partial charge in [-0.25, -0.2) is 8.91 Å². The maximum atomic E-state index is 13.1.